The minimum absolute atomic E-state index is 0.0104. The fourth-order valence-electron chi connectivity index (χ4n) is 3.63. The third kappa shape index (κ3) is 3.70. The first-order valence-corrected chi connectivity index (χ1v) is 10.3. The number of hydrogen-bond donors (Lipinski definition) is 1. The maximum absolute atomic E-state index is 5.68. The number of ether oxygens (including phenoxy) is 1. The van der Waals surface area contributed by atoms with Gasteiger partial charge in [0.05, 0.1) is 24.4 Å². The minimum atomic E-state index is -0.0327. The molecule has 1 aliphatic rings. The Bertz CT molecular complexity index is 945. The van der Waals surface area contributed by atoms with Gasteiger partial charge in [-0.05, 0) is 60.7 Å². The first-order valence-electron chi connectivity index (χ1n) is 9.09. The van der Waals surface area contributed by atoms with E-state index in [0.717, 1.165) is 26.7 Å². The number of rotatable bonds is 6. The van der Waals surface area contributed by atoms with Gasteiger partial charge in [0.2, 0.25) is 0 Å². The quantitative estimate of drug-likeness (QED) is 0.561. The second kappa shape index (κ2) is 8.43. The van der Waals surface area contributed by atoms with Gasteiger partial charge in [0.15, 0.2) is 5.11 Å². The molecule has 0 saturated carbocycles. The first-order chi connectivity index (χ1) is 13.7. The van der Waals surface area contributed by atoms with Crippen molar-refractivity contribution in [1.82, 2.24) is 19.8 Å². The van der Waals surface area contributed by atoms with Crippen molar-refractivity contribution in [3.63, 3.8) is 0 Å². The van der Waals surface area contributed by atoms with Gasteiger partial charge in [0, 0.05) is 41.9 Å². The molecule has 3 aromatic rings. The van der Waals surface area contributed by atoms with Gasteiger partial charge in [-0.3, -0.25) is 4.98 Å². The van der Waals surface area contributed by atoms with Crippen LogP contribution in [0.15, 0.2) is 71.5 Å². The van der Waals surface area contributed by atoms with Gasteiger partial charge in [-0.1, -0.05) is 22.0 Å². The van der Waals surface area contributed by atoms with Gasteiger partial charge in [-0.2, -0.15) is 0 Å². The van der Waals surface area contributed by atoms with Gasteiger partial charge >= 0.3 is 0 Å². The van der Waals surface area contributed by atoms with Crippen molar-refractivity contribution in [3.05, 3.63) is 82.9 Å². The van der Waals surface area contributed by atoms with E-state index in [9.17, 15) is 0 Å². The topological polar surface area (TPSA) is 42.3 Å². The largest absolute Gasteiger partial charge is 0.383 e. The molecule has 144 valence electrons. The normalized spacial score (nSPS) is 19.1. The molecular weight excluding hydrogens is 436 g/mol. The van der Waals surface area contributed by atoms with Crippen LogP contribution in [0.3, 0.4) is 0 Å². The molecule has 1 aliphatic heterocycles. The summed E-state index contributed by atoms with van der Waals surface area (Å²) in [4.78, 5) is 6.79. The number of benzene rings is 1. The summed E-state index contributed by atoms with van der Waals surface area (Å²) >= 11 is 9.19. The first kappa shape index (κ1) is 19.1. The van der Waals surface area contributed by atoms with Gasteiger partial charge < -0.3 is 19.5 Å². The number of pyridine rings is 1. The summed E-state index contributed by atoms with van der Waals surface area (Å²) in [7, 11) is 1.71. The Kier molecular flexibility index (Phi) is 5.75. The molecule has 0 bridgehead atoms. The van der Waals surface area contributed by atoms with E-state index in [4.69, 9.17) is 17.0 Å². The zero-order valence-electron chi connectivity index (χ0n) is 15.5. The Morgan fingerprint density at radius 3 is 2.68 bits per heavy atom. The fraction of sp³-hybridized carbons (Fsp3) is 0.238. The van der Waals surface area contributed by atoms with E-state index in [0.29, 0.717) is 13.2 Å². The lowest BCUT2D eigenvalue weighted by atomic mass is 10.0. The lowest BCUT2D eigenvalue weighted by Crippen LogP contribution is -2.33. The number of nitrogens with one attached hydrogen (secondary N) is 1. The molecule has 2 atom stereocenters. The summed E-state index contributed by atoms with van der Waals surface area (Å²) in [5, 5.41) is 4.20. The van der Waals surface area contributed by atoms with Gasteiger partial charge in [-0.15, -0.1) is 0 Å². The fourth-order valence-corrected chi connectivity index (χ4v) is 4.23. The van der Waals surface area contributed by atoms with E-state index < -0.39 is 0 Å². The zero-order valence-corrected chi connectivity index (χ0v) is 17.9. The van der Waals surface area contributed by atoms with Crippen LogP contribution >= 0.6 is 28.1 Å². The van der Waals surface area contributed by atoms with E-state index in [1.54, 1.807) is 7.11 Å². The molecule has 0 spiro atoms. The second-order valence-corrected chi connectivity index (χ2v) is 7.89. The van der Waals surface area contributed by atoms with Crippen LogP contribution in [-0.2, 0) is 4.74 Å². The Labute approximate surface area is 178 Å². The van der Waals surface area contributed by atoms with Crippen molar-refractivity contribution in [2.24, 2.45) is 0 Å². The van der Waals surface area contributed by atoms with Crippen LogP contribution in [0.5, 0.6) is 0 Å². The highest BCUT2D eigenvalue weighted by atomic mass is 79.9. The smallest absolute Gasteiger partial charge is 0.170 e. The minimum Gasteiger partial charge on any atom is -0.383 e. The summed E-state index contributed by atoms with van der Waals surface area (Å²) in [5.41, 5.74) is 3.23. The summed E-state index contributed by atoms with van der Waals surface area (Å²) in [6, 6.07) is 18.5. The molecule has 7 heteroatoms. The van der Waals surface area contributed by atoms with Crippen LogP contribution in [0.2, 0.25) is 0 Å². The number of nitrogens with zero attached hydrogens (tertiary/aromatic N) is 3. The highest BCUT2D eigenvalue weighted by Crippen LogP contribution is 2.39. The van der Waals surface area contributed by atoms with Crippen molar-refractivity contribution in [3.8, 4) is 5.69 Å². The van der Waals surface area contributed by atoms with Crippen molar-refractivity contribution < 1.29 is 4.74 Å². The molecule has 0 radical (unpaired) electrons. The van der Waals surface area contributed by atoms with Crippen molar-refractivity contribution in [2.75, 3.05) is 20.3 Å². The van der Waals surface area contributed by atoms with Crippen LogP contribution < -0.4 is 5.32 Å². The van der Waals surface area contributed by atoms with Crippen LogP contribution in [0, 0.1) is 0 Å². The molecule has 2 aromatic heterocycles. The second-order valence-electron chi connectivity index (χ2n) is 6.59. The van der Waals surface area contributed by atoms with E-state index in [1.165, 1.54) is 0 Å². The predicted molar refractivity (Wildman–Crippen MR) is 118 cm³/mol. The van der Waals surface area contributed by atoms with E-state index in [1.807, 2.05) is 24.4 Å². The number of methoxy groups -OCH3 is 1. The Morgan fingerprint density at radius 2 is 1.96 bits per heavy atom. The molecule has 1 saturated heterocycles. The number of aromatic nitrogens is 2. The average molecular weight is 457 g/mol. The Hall–Kier alpha value is -2.22. The number of hydrogen-bond acceptors (Lipinski definition) is 3. The van der Waals surface area contributed by atoms with Crippen molar-refractivity contribution in [1.29, 1.82) is 0 Å². The van der Waals surface area contributed by atoms with Crippen LogP contribution in [0.4, 0.5) is 0 Å². The molecule has 1 aromatic carbocycles. The summed E-state index contributed by atoms with van der Waals surface area (Å²) < 4.78 is 8.60. The van der Waals surface area contributed by atoms with Gasteiger partial charge in [0.1, 0.15) is 0 Å². The monoisotopic (exact) mass is 456 g/mol. The number of halogens is 1. The standard InChI is InChI=1S/C21H21BrN4OS/c1-27-14-13-26-20(19(24-21(26)28)17-5-2-3-11-23-17)18-6-4-12-25(18)16-9-7-15(22)8-10-16/h2-12,19-20H,13-14H2,1H3,(H,24,28)/t19-,20+/m0/s1. The Balaban J connectivity index is 1.78. The molecule has 4 rings (SSSR count). The average Bonchev–Trinajstić information content (AvgIpc) is 3.32. The van der Waals surface area contributed by atoms with Crippen LogP contribution in [0.25, 0.3) is 5.69 Å². The van der Waals surface area contributed by atoms with Crippen molar-refractivity contribution in [2.45, 2.75) is 12.1 Å². The third-order valence-electron chi connectivity index (χ3n) is 4.92. The van der Waals surface area contributed by atoms with Gasteiger partial charge in [-0.25, -0.2) is 0 Å². The van der Waals surface area contributed by atoms with Crippen LogP contribution in [0.1, 0.15) is 23.5 Å². The molecule has 0 unspecified atom stereocenters. The van der Waals surface area contributed by atoms with E-state index in [-0.39, 0.29) is 12.1 Å². The highest BCUT2D eigenvalue weighted by Gasteiger charge is 2.40. The van der Waals surface area contributed by atoms with Gasteiger partial charge in [0.25, 0.3) is 0 Å². The van der Waals surface area contributed by atoms with E-state index in [2.05, 4.69) is 78.3 Å². The molecule has 1 N–H and O–H groups in total. The SMILES string of the molecule is COCCN1C(=S)N[C@@H](c2ccccn2)[C@H]1c1cccn1-c1ccc(Br)cc1. The lowest BCUT2D eigenvalue weighted by Gasteiger charge is -2.28. The zero-order chi connectivity index (χ0) is 19.5. The Morgan fingerprint density at radius 1 is 1.14 bits per heavy atom. The maximum Gasteiger partial charge on any atom is 0.170 e. The molecule has 28 heavy (non-hydrogen) atoms. The molecular formula is C21H21BrN4OS. The molecule has 1 fully saturated rings. The number of thiocarbonyl (C=S) groups is 1. The molecule has 0 amide bonds. The highest BCUT2D eigenvalue weighted by molar-refractivity contribution is 9.10. The summed E-state index contributed by atoms with van der Waals surface area (Å²) in [6.45, 7) is 1.31. The van der Waals surface area contributed by atoms with E-state index >= 15 is 0 Å². The predicted octanol–water partition coefficient (Wildman–Crippen LogP) is 4.25. The summed E-state index contributed by atoms with van der Waals surface area (Å²) in [6.07, 6.45) is 3.91. The molecule has 3 heterocycles. The third-order valence-corrected chi connectivity index (χ3v) is 5.80. The molecule has 5 nitrogen and oxygen atoms in total. The summed E-state index contributed by atoms with van der Waals surface area (Å²) in [5.74, 6) is 0. The molecule has 0 aliphatic carbocycles. The maximum atomic E-state index is 5.68. The van der Waals surface area contributed by atoms with Crippen LogP contribution in [-0.4, -0.2) is 39.8 Å². The van der Waals surface area contributed by atoms with Crippen molar-refractivity contribution >= 4 is 33.3 Å². The lowest BCUT2D eigenvalue weighted by molar-refractivity contribution is 0.163.